The Bertz CT molecular complexity index is 172. The van der Waals surface area contributed by atoms with Crippen LogP contribution in [0, 0.1) is 5.92 Å². The highest BCUT2D eigenvalue weighted by Gasteiger charge is 2.09. The van der Waals surface area contributed by atoms with Gasteiger partial charge in [0, 0.05) is 11.2 Å². The SMILES string of the molecule is C1=CC2C=CC(C=C2)S1. The standard InChI is InChI=1S/C8H8S/c1-3-8-4-2-7(1)5-6-9-8/h1-8H. The first kappa shape index (κ1) is 5.36. The van der Waals surface area contributed by atoms with Crippen LogP contribution in [0.2, 0.25) is 0 Å². The monoisotopic (exact) mass is 136 g/mol. The lowest BCUT2D eigenvalue weighted by Gasteiger charge is -2.06. The molecule has 0 unspecified atom stereocenters. The van der Waals surface area contributed by atoms with E-state index in [1.165, 1.54) is 0 Å². The molecule has 0 aromatic heterocycles. The Morgan fingerprint density at radius 1 is 0.889 bits per heavy atom. The fraction of sp³-hybridized carbons (Fsp3) is 0.250. The van der Waals surface area contributed by atoms with Gasteiger partial charge in [-0.15, -0.1) is 11.8 Å². The minimum Gasteiger partial charge on any atom is -0.123 e. The Morgan fingerprint density at radius 2 is 1.67 bits per heavy atom. The van der Waals surface area contributed by atoms with Gasteiger partial charge in [0.05, 0.1) is 0 Å². The molecule has 0 amide bonds. The highest BCUT2D eigenvalue weighted by atomic mass is 32.2. The number of allylic oxidation sites excluding steroid dienone is 3. The van der Waals surface area contributed by atoms with Crippen LogP contribution in [0.15, 0.2) is 35.8 Å². The molecule has 0 aromatic carbocycles. The molecular weight excluding hydrogens is 128 g/mol. The van der Waals surface area contributed by atoms with Crippen LogP contribution in [-0.4, -0.2) is 5.25 Å². The molecule has 3 rings (SSSR count). The van der Waals surface area contributed by atoms with Crippen molar-refractivity contribution in [2.24, 2.45) is 5.92 Å². The van der Waals surface area contributed by atoms with Gasteiger partial charge in [0.1, 0.15) is 0 Å². The summed E-state index contributed by atoms with van der Waals surface area (Å²) in [6.45, 7) is 0. The van der Waals surface area contributed by atoms with Crippen molar-refractivity contribution < 1.29 is 0 Å². The van der Waals surface area contributed by atoms with Gasteiger partial charge >= 0.3 is 0 Å². The molecule has 2 aliphatic heterocycles. The predicted octanol–water partition coefficient (Wildman–Crippen LogP) is 2.36. The van der Waals surface area contributed by atoms with E-state index in [-0.39, 0.29) is 0 Å². The Labute approximate surface area is 59.3 Å². The Morgan fingerprint density at radius 3 is 2.44 bits per heavy atom. The maximum atomic E-state index is 2.26. The second kappa shape index (κ2) is 2.07. The number of rotatable bonds is 0. The molecule has 0 saturated heterocycles. The van der Waals surface area contributed by atoms with Crippen LogP contribution in [0.4, 0.5) is 0 Å². The maximum Gasteiger partial charge on any atom is 0.0449 e. The summed E-state index contributed by atoms with van der Waals surface area (Å²) < 4.78 is 0. The Hall–Kier alpha value is -0.430. The first-order valence-electron chi connectivity index (χ1n) is 3.14. The van der Waals surface area contributed by atoms with Gasteiger partial charge in [0.2, 0.25) is 0 Å². The minimum absolute atomic E-state index is 0.580. The van der Waals surface area contributed by atoms with E-state index in [1.54, 1.807) is 0 Å². The number of fused-ring (bicyclic) bond motifs is 1. The van der Waals surface area contributed by atoms with E-state index in [0.29, 0.717) is 11.2 Å². The van der Waals surface area contributed by atoms with Gasteiger partial charge in [-0.05, 0) is 5.41 Å². The van der Waals surface area contributed by atoms with E-state index < -0.39 is 0 Å². The summed E-state index contributed by atoms with van der Waals surface area (Å²) in [5.41, 5.74) is 0. The highest BCUT2D eigenvalue weighted by molar-refractivity contribution is 8.03. The second-order valence-electron chi connectivity index (χ2n) is 2.28. The molecule has 0 saturated carbocycles. The van der Waals surface area contributed by atoms with Crippen LogP contribution in [0.5, 0.6) is 0 Å². The second-order valence-corrected chi connectivity index (χ2v) is 3.37. The van der Waals surface area contributed by atoms with Crippen molar-refractivity contribution in [3.05, 3.63) is 35.8 Å². The maximum absolute atomic E-state index is 2.26. The molecule has 0 aromatic rings. The number of thioether (sulfide) groups is 1. The van der Waals surface area contributed by atoms with E-state index in [0.717, 1.165) is 0 Å². The van der Waals surface area contributed by atoms with Gasteiger partial charge in [-0.3, -0.25) is 0 Å². The Kier molecular flexibility index (Phi) is 1.23. The molecule has 9 heavy (non-hydrogen) atoms. The van der Waals surface area contributed by atoms with Crippen LogP contribution >= 0.6 is 11.8 Å². The van der Waals surface area contributed by atoms with E-state index in [2.05, 4.69) is 35.8 Å². The zero-order valence-corrected chi connectivity index (χ0v) is 5.84. The normalized spacial score (nSPS) is 37.3. The van der Waals surface area contributed by atoms with Crippen molar-refractivity contribution >= 4 is 11.8 Å². The molecule has 0 radical (unpaired) electrons. The summed E-state index contributed by atoms with van der Waals surface area (Å²) in [7, 11) is 0. The summed E-state index contributed by atoms with van der Waals surface area (Å²) in [5.74, 6) is 0.580. The molecular formula is C8H8S. The Balaban J connectivity index is 2.34. The molecule has 1 heteroatoms. The van der Waals surface area contributed by atoms with Crippen LogP contribution in [0.25, 0.3) is 0 Å². The van der Waals surface area contributed by atoms with Crippen molar-refractivity contribution in [2.45, 2.75) is 5.25 Å². The summed E-state index contributed by atoms with van der Waals surface area (Å²) in [5, 5.41) is 2.80. The average Bonchev–Trinajstić information content (AvgIpc) is 2.21. The predicted molar refractivity (Wildman–Crippen MR) is 42.3 cm³/mol. The minimum atomic E-state index is 0.580. The molecule has 0 spiro atoms. The third-order valence-corrected chi connectivity index (χ3v) is 2.53. The molecule has 1 aliphatic carbocycles. The third-order valence-electron chi connectivity index (χ3n) is 1.58. The van der Waals surface area contributed by atoms with E-state index in [4.69, 9.17) is 0 Å². The van der Waals surface area contributed by atoms with E-state index >= 15 is 0 Å². The van der Waals surface area contributed by atoms with Crippen molar-refractivity contribution in [1.82, 2.24) is 0 Å². The van der Waals surface area contributed by atoms with Gasteiger partial charge in [-0.25, -0.2) is 0 Å². The van der Waals surface area contributed by atoms with E-state index in [9.17, 15) is 0 Å². The lowest BCUT2D eigenvalue weighted by Crippen LogP contribution is -1.96. The van der Waals surface area contributed by atoms with Gasteiger partial charge in [0.15, 0.2) is 0 Å². The lowest BCUT2D eigenvalue weighted by molar-refractivity contribution is 1.03. The lowest BCUT2D eigenvalue weighted by atomic mass is 10.0. The first-order chi connectivity index (χ1) is 4.45. The fourth-order valence-electron chi connectivity index (χ4n) is 1.05. The largest absolute Gasteiger partial charge is 0.123 e. The molecule has 0 fully saturated rings. The van der Waals surface area contributed by atoms with Crippen LogP contribution < -0.4 is 0 Å². The van der Waals surface area contributed by atoms with Crippen molar-refractivity contribution in [3.63, 3.8) is 0 Å². The topological polar surface area (TPSA) is 0 Å². The molecule has 0 N–H and O–H groups in total. The zero-order chi connectivity index (χ0) is 6.10. The van der Waals surface area contributed by atoms with E-state index in [1.807, 2.05) is 11.8 Å². The third kappa shape index (κ3) is 0.969. The highest BCUT2D eigenvalue weighted by Crippen LogP contribution is 2.26. The van der Waals surface area contributed by atoms with Crippen molar-refractivity contribution in [3.8, 4) is 0 Å². The molecule has 0 atom stereocenters. The van der Waals surface area contributed by atoms with Gasteiger partial charge in [-0.2, -0.15) is 0 Å². The summed E-state index contributed by atoms with van der Waals surface area (Å²) in [4.78, 5) is 0. The smallest absolute Gasteiger partial charge is 0.0449 e. The van der Waals surface area contributed by atoms with Gasteiger partial charge in [-0.1, -0.05) is 30.4 Å². The van der Waals surface area contributed by atoms with Crippen LogP contribution in [-0.2, 0) is 0 Å². The summed E-state index contributed by atoms with van der Waals surface area (Å²) >= 11 is 1.87. The molecule has 3 aliphatic rings. The fourth-order valence-corrected chi connectivity index (χ4v) is 1.87. The van der Waals surface area contributed by atoms with Crippen LogP contribution in [0.1, 0.15) is 0 Å². The average molecular weight is 136 g/mol. The quantitative estimate of drug-likeness (QED) is 0.461. The number of hydrogen-bond acceptors (Lipinski definition) is 1. The van der Waals surface area contributed by atoms with Crippen molar-refractivity contribution in [1.29, 1.82) is 0 Å². The zero-order valence-electron chi connectivity index (χ0n) is 5.03. The summed E-state index contributed by atoms with van der Waals surface area (Å²) in [6.07, 6.45) is 11.2. The number of hydrogen-bond donors (Lipinski definition) is 0. The molecule has 2 heterocycles. The van der Waals surface area contributed by atoms with Crippen LogP contribution in [0.3, 0.4) is 0 Å². The van der Waals surface area contributed by atoms with Crippen molar-refractivity contribution in [2.75, 3.05) is 0 Å². The van der Waals surface area contributed by atoms with Gasteiger partial charge in [0.25, 0.3) is 0 Å². The summed E-state index contributed by atoms with van der Waals surface area (Å²) in [6, 6.07) is 0. The first-order valence-corrected chi connectivity index (χ1v) is 4.08. The molecule has 46 valence electrons. The van der Waals surface area contributed by atoms with Gasteiger partial charge < -0.3 is 0 Å². The molecule has 0 nitrogen and oxygen atoms in total. The molecule has 2 bridgehead atoms.